The maximum absolute atomic E-state index is 11.4. The average Bonchev–Trinajstić information content (AvgIpc) is 2.49. The van der Waals surface area contributed by atoms with Gasteiger partial charge in [-0.05, 0) is 6.92 Å². The van der Waals surface area contributed by atoms with Crippen LogP contribution in [0.15, 0.2) is 6.33 Å². The highest BCUT2D eigenvalue weighted by Gasteiger charge is 2.27. The van der Waals surface area contributed by atoms with Gasteiger partial charge in [-0.25, -0.2) is 13.4 Å². The highest BCUT2D eigenvalue weighted by atomic mass is 32.2. The van der Waals surface area contributed by atoms with Gasteiger partial charge in [-0.2, -0.15) is 0 Å². The van der Waals surface area contributed by atoms with E-state index in [9.17, 15) is 8.42 Å². The fourth-order valence-electron chi connectivity index (χ4n) is 1.68. The Morgan fingerprint density at radius 3 is 2.93 bits per heavy atom. The monoisotopic (exact) mass is 215 g/mol. The molecule has 1 atom stereocenters. The molecule has 5 nitrogen and oxygen atoms in total. The SMILES string of the molecule is Cc1[nH]cnc1C1CS(=O)(=O)CCN1. The molecule has 78 valence electrons. The van der Waals surface area contributed by atoms with Crippen LogP contribution in [0.4, 0.5) is 0 Å². The van der Waals surface area contributed by atoms with E-state index in [1.807, 2.05) is 6.92 Å². The summed E-state index contributed by atoms with van der Waals surface area (Å²) < 4.78 is 22.8. The zero-order valence-electron chi connectivity index (χ0n) is 7.95. The lowest BCUT2D eigenvalue weighted by molar-refractivity contribution is 0.524. The first kappa shape index (κ1) is 9.67. The number of hydrogen-bond donors (Lipinski definition) is 2. The Bertz CT molecular complexity index is 424. The zero-order chi connectivity index (χ0) is 10.2. The maximum atomic E-state index is 11.4. The molecule has 0 bridgehead atoms. The van der Waals surface area contributed by atoms with Crippen molar-refractivity contribution in [3.05, 3.63) is 17.7 Å². The van der Waals surface area contributed by atoms with Gasteiger partial charge in [0.2, 0.25) is 0 Å². The van der Waals surface area contributed by atoms with Crippen LogP contribution in [0.5, 0.6) is 0 Å². The summed E-state index contributed by atoms with van der Waals surface area (Å²) in [4.78, 5) is 7.07. The molecule has 2 N–H and O–H groups in total. The second-order valence-corrected chi connectivity index (χ2v) is 5.76. The Hall–Kier alpha value is -0.880. The number of aryl methyl sites for hydroxylation is 1. The number of sulfone groups is 1. The van der Waals surface area contributed by atoms with Crippen LogP contribution in [-0.2, 0) is 9.84 Å². The van der Waals surface area contributed by atoms with Crippen LogP contribution in [0.1, 0.15) is 17.4 Å². The third kappa shape index (κ3) is 1.80. The van der Waals surface area contributed by atoms with Crippen molar-refractivity contribution in [2.24, 2.45) is 0 Å². The summed E-state index contributed by atoms with van der Waals surface area (Å²) in [5.41, 5.74) is 1.74. The van der Waals surface area contributed by atoms with E-state index in [1.54, 1.807) is 6.33 Å². The summed E-state index contributed by atoms with van der Waals surface area (Å²) in [5.74, 6) is 0.381. The lowest BCUT2D eigenvalue weighted by Gasteiger charge is -2.22. The van der Waals surface area contributed by atoms with Gasteiger partial charge in [-0.3, -0.25) is 0 Å². The maximum Gasteiger partial charge on any atom is 0.153 e. The Kier molecular flexibility index (Phi) is 2.32. The van der Waals surface area contributed by atoms with Gasteiger partial charge in [-0.15, -0.1) is 0 Å². The van der Waals surface area contributed by atoms with Crippen molar-refractivity contribution in [1.82, 2.24) is 15.3 Å². The molecule has 2 rings (SSSR count). The van der Waals surface area contributed by atoms with Crippen LogP contribution in [0.3, 0.4) is 0 Å². The molecule has 1 aliphatic heterocycles. The smallest absolute Gasteiger partial charge is 0.153 e. The first-order chi connectivity index (χ1) is 6.58. The van der Waals surface area contributed by atoms with Gasteiger partial charge in [0.25, 0.3) is 0 Å². The fourth-order valence-corrected chi connectivity index (χ4v) is 3.06. The number of hydrogen-bond acceptors (Lipinski definition) is 4. The predicted octanol–water partition coefficient (Wildman–Crippen LogP) is -0.223. The van der Waals surface area contributed by atoms with Crippen LogP contribution in [-0.4, -0.2) is 36.4 Å². The molecule has 14 heavy (non-hydrogen) atoms. The third-order valence-electron chi connectivity index (χ3n) is 2.42. The summed E-state index contributed by atoms with van der Waals surface area (Å²) in [5, 5.41) is 3.16. The highest BCUT2D eigenvalue weighted by Crippen LogP contribution is 2.18. The van der Waals surface area contributed by atoms with Gasteiger partial charge in [0.05, 0.1) is 29.6 Å². The number of imidazole rings is 1. The molecule has 0 saturated carbocycles. The molecule has 1 aliphatic rings. The molecule has 1 fully saturated rings. The van der Waals surface area contributed by atoms with E-state index in [4.69, 9.17) is 0 Å². The van der Waals surface area contributed by atoms with E-state index in [-0.39, 0.29) is 17.5 Å². The summed E-state index contributed by atoms with van der Waals surface area (Å²) in [6, 6.07) is -0.153. The van der Waals surface area contributed by atoms with E-state index < -0.39 is 9.84 Å². The van der Waals surface area contributed by atoms with Crippen molar-refractivity contribution in [3.8, 4) is 0 Å². The minimum atomic E-state index is -2.89. The second kappa shape index (κ2) is 3.36. The van der Waals surface area contributed by atoms with Crippen molar-refractivity contribution in [2.45, 2.75) is 13.0 Å². The molecule has 0 spiro atoms. The highest BCUT2D eigenvalue weighted by molar-refractivity contribution is 7.91. The van der Waals surface area contributed by atoms with Crippen LogP contribution in [0.25, 0.3) is 0 Å². The largest absolute Gasteiger partial charge is 0.348 e. The van der Waals surface area contributed by atoms with E-state index in [0.29, 0.717) is 6.54 Å². The Morgan fingerprint density at radius 1 is 1.57 bits per heavy atom. The molecule has 1 saturated heterocycles. The minimum Gasteiger partial charge on any atom is -0.348 e. The van der Waals surface area contributed by atoms with Crippen LogP contribution in [0.2, 0.25) is 0 Å². The van der Waals surface area contributed by atoms with Crippen LogP contribution in [0, 0.1) is 6.92 Å². The van der Waals surface area contributed by atoms with Gasteiger partial charge in [0.1, 0.15) is 0 Å². The van der Waals surface area contributed by atoms with E-state index in [0.717, 1.165) is 11.4 Å². The van der Waals surface area contributed by atoms with Crippen LogP contribution < -0.4 is 5.32 Å². The normalized spacial score (nSPS) is 26.2. The molecule has 0 radical (unpaired) electrons. The molecule has 0 amide bonds. The minimum absolute atomic E-state index is 0.151. The standard InChI is InChI=1S/C8H13N3O2S/c1-6-8(11-5-10-6)7-4-14(12,13)3-2-9-7/h5,7,9H,2-4H2,1H3,(H,10,11). The molecule has 6 heteroatoms. The lowest BCUT2D eigenvalue weighted by Crippen LogP contribution is -2.39. The molecule has 1 unspecified atom stereocenters. The first-order valence-electron chi connectivity index (χ1n) is 4.52. The van der Waals surface area contributed by atoms with Gasteiger partial charge in [0.15, 0.2) is 9.84 Å². The quantitative estimate of drug-likeness (QED) is 0.679. The van der Waals surface area contributed by atoms with Crippen molar-refractivity contribution < 1.29 is 8.42 Å². The van der Waals surface area contributed by atoms with E-state index in [1.165, 1.54) is 0 Å². The van der Waals surface area contributed by atoms with Crippen molar-refractivity contribution in [2.75, 3.05) is 18.1 Å². The average molecular weight is 215 g/mol. The van der Waals surface area contributed by atoms with Gasteiger partial charge >= 0.3 is 0 Å². The Morgan fingerprint density at radius 2 is 2.36 bits per heavy atom. The lowest BCUT2D eigenvalue weighted by atomic mass is 10.2. The fraction of sp³-hybridized carbons (Fsp3) is 0.625. The zero-order valence-corrected chi connectivity index (χ0v) is 8.76. The Labute approximate surface area is 82.9 Å². The van der Waals surface area contributed by atoms with E-state index in [2.05, 4.69) is 15.3 Å². The van der Waals surface area contributed by atoms with Gasteiger partial charge in [-0.1, -0.05) is 0 Å². The predicted molar refractivity (Wildman–Crippen MR) is 52.7 cm³/mol. The van der Waals surface area contributed by atoms with Gasteiger partial charge < -0.3 is 10.3 Å². The van der Waals surface area contributed by atoms with Crippen LogP contribution >= 0.6 is 0 Å². The molecule has 1 aromatic heterocycles. The number of rotatable bonds is 1. The van der Waals surface area contributed by atoms with Gasteiger partial charge in [0, 0.05) is 12.2 Å². The molecule has 0 aliphatic carbocycles. The number of aromatic nitrogens is 2. The number of nitrogens with zero attached hydrogens (tertiary/aromatic N) is 1. The Balaban J connectivity index is 2.24. The number of aromatic amines is 1. The van der Waals surface area contributed by atoms with Crippen molar-refractivity contribution in [1.29, 1.82) is 0 Å². The second-order valence-electron chi connectivity index (χ2n) is 3.53. The number of nitrogens with one attached hydrogen (secondary N) is 2. The molecular formula is C8H13N3O2S. The number of H-pyrrole nitrogens is 1. The molecule has 0 aromatic carbocycles. The summed E-state index contributed by atoms with van der Waals surface area (Å²) in [7, 11) is -2.89. The van der Waals surface area contributed by atoms with E-state index >= 15 is 0 Å². The summed E-state index contributed by atoms with van der Waals surface area (Å²) in [6.45, 7) is 2.41. The topological polar surface area (TPSA) is 74.8 Å². The molecule has 2 heterocycles. The molecule has 1 aromatic rings. The third-order valence-corrected chi connectivity index (χ3v) is 4.09. The first-order valence-corrected chi connectivity index (χ1v) is 6.34. The summed E-state index contributed by atoms with van der Waals surface area (Å²) >= 11 is 0. The molecular weight excluding hydrogens is 202 g/mol. The van der Waals surface area contributed by atoms with Crippen molar-refractivity contribution >= 4 is 9.84 Å². The van der Waals surface area contributed by atoms with Crippen molar-refractivity contribution in [3.63, 3.8) is 0 Å². The summed E-state index contributed by atoms with van der Waals surface area (Å²) in [6.07, 6.45) is 1.59.